The molecule has 2 unspecified atom stereocenters. The van der Waals surface area contributed by atoms with Crippen LogP contribution in [0.25, 0.3) is 10.9 Å². The molecule has 0 spiro atoms. The number of rotatable bonds is 12. The van der Waals surface area contributed by atoms with Crippen LogP contribution in [0.15, 0.2) is 36.4 Å². The predicted molar refractivity (Wildman–Crippen MR) is 149 cm³/mol. The highest BCUT2D eigenvalue weighted by atomic mass is 19.3. The van der Waals surface area contributed by atoms with E-state index >= 15 is 0 Å². The van der Waals surface area contributed by atoms with Crippen molar-refractivity contribution in [3.63, 3.8) is 0 Å². The van der Waals surface area contributed by atoms with E-state index < -0.39 is 56.7 Å². The van der Waals surface area contributed by atoms with Crippen molar-refractivity contribution >= 4 is 16.6 Å². The molecule has 6 nitrogen and oxygen atoms in total. The van der Waals surface area contributed by atoms with Gasteiger partial charge in [-0.25, -0.2) is 13.2 Å². The third kappa shape index (κ3) is 6.50. The summed E-state index contributed by atoms with van der Waals surface area (Å²) in [6.45, 7) is -1.17. The Morgan fingerprint density at radius 3 is 2.76 bits per heavy atom. The van der Waals surface area contributed by atoms with Gasteiger partial charge in [0, 0.05) is 73.1 Å². The molecule has 5 rings (SSSR count). The van der Waals surface area contributed by atoms with Gasteiger partial charge in [-0.2, -0.15) is 8.78 Å². The van der Waals surface area contributed by atoms with Crippen molar-refractivity contribution in [2.75, 3.05) is 44.8 Å². The summed E-state index contributed by atoms with van der Waals surface area (Å²) >= 11 is 0. The van der Waals surface area contributed by atoms with Gasteiger partial charge in [-0.15, -0.1) is 0 Å². The summed E-state index contributed by atoms with van der Waals surface area (Å²) in [5, 5.41) is 13.2. The molecule has 2 aromatic carbocycles. The third-order valence-corrected chi connectivity index (χ3v) is 8.26. The number of benzene rings is 2. The third-order valence-electron chi connectivity index (χ3n) is 8.26. The van der Waals surface area contributed by atoms with E-state index in [0.717, 1.165) is 18.5 Å². The zero-order valence-electron chi connectivity index (χ0n) is 23.4. The smallest absolute Gasteiger partial charge is 0.387 e. The van der Waals surface area contributed by atoms with Crippen LogP contribution in [-0.4, -0.2) is 84.0 Å². The molecule has 0 aliphatic carbocycles. The number of ether oxygens (including phenoxy) is 1. The first-order valence-corrected chi connectivity index (χ1v) is 14.3. The van der Waals surface area contributed by atoms with Crippen LogP contribution >= 0.6 is 0 Å². The van der Waals surface area contributed by atoms with Crippen molar-refractivity contribution in [1.82, 2.24) is 14.8 Å². The van der Waals surface area contributed by atoms with E-state index in [-0.39, 0.29) is 22.9 Å². The predicted octanol–water partition coefficient (Wildman–Crippen LogP) is 6.11. The minimum absolute atomic E-state index is 0.0153. The van der Waals surface area contributed by atoms with Gasteiger partial charge in [-0.05, 0) is 43.9 Å². The van der Waals surface area contributed by atoms with Crippen molar-refractivity contribution in [1.29, 1.82) is 0 Å². The van der Waals surface area contributed by atoms with Gasteiger partial charge in [0.2, 0.25) is 0 Å². The fourth-order valence-corrected chi connectivity index (χ4v) is 6.36. The Morgan fingerprint density at radius 2 is 2.02 bits per heavy atom. The van der Waals surface area contributed by atoms with Crippen molar-refractivity contribution in [3.05, 3.63) is 59.0 Å². The van der Waals surface area contributed by atoms with Gasteiger partial charge in [0.05, 0.1) is 24.8 Å². The Hall–Kier alpha value is -2.96. The van der Waals surface area contributed by atoms with Crippen LogP contribution in [0.1, 0.15) is 49.0 Å². The van der Waals surface area contributed by atoms with E-state index in [0.29, 0.717) is 42.7 Å². The second-order valence-electron chi connectivity index (χ2n) is 11.2. The number of nitrogens with zero attached hydrogens (tertiary/aromatic N) is 2. The minimum Gasteiger partial charge on any atom is -0.434 e. The fraction of sp³-hybridized carbons (Fsp3) is 0.533. The maximum absolute atomic E-state index is 15.0. The van der Waals surface area contributed by atoms with Crippen LogP contribution in [0.2, 0.25) is 0 Å². The number of H-pyrrole nitrogens is 1. The van der Waals surface area contributed by atoms with Crippen molar-refractivity contribution in [2.45, 2.75) is 63.3 Å². The van der Waals surface area contributed by atoms with Gasteiger partial charge in [-0.3, -0.25) is 9.29 Å². The van der Waals surface area contributed by atoms with Gasteiger partial charge >= 0.3 is 6.61 Å². The zero-order chi connectivity index (χ0) is 30.0. The zero-order valence-corrected chi connectivity index (χ0v) is 23.4. The summed E-state index contributed by atoms with van der Waals surface area (Å²) in [5.41, 5.74) is 2.14. The standard InChI is InChI=1S/C30H36F6N4O2/c1-18-14-23-21-4-2-5-24(32)26(21)38-27(23)28(40(18)17-30(35,36)9-13-41)22-7-6-19(15-25(22)42-29(33)34)37-20-8-12-39(16-20)11-3-10-31/h2,4-7,15,18,20,28-29,37-38,41H,3,8-14,16-17H2,1H3/t18-,20?,28?/m1/s1. The molecular weight excluding hydrogens is 562 g/mol. The molecule has 3 N–H and O–H groups in total. The summed E-state index contributed by atoms with van der Waals surface area (Å²) < 4.78 is 89.8. The lowest BCUT2D eigenvalue weighted by Gasteiger charge is -2.42. The number of aliphatic hydroxyl groups is 1. The van der Waals surface area contributed by atoms with Gasteiger partial charge in [-0.1, -0.05) is 18.2 Å². The van der Waals surface area contributed by atoms with Gasteiger partial charge in [0.25, 0.3) is 5.92 Å². The van der Waals surface area contributed by atoms with E-state index in [1.807, 2.05) is 0 Å². The molecule has 3 atom stereocenters. The Morgan fingerprint density at radius 1 is 1.21 bits per heavy atom. The molecular formula is C30H36F6N4O2. The quantitative estimate of drug-likeness (QED) is 0.220. The van der Waals surface area contributed by atoms with Gasteiger partial charge < -0.3 is 25.0 Å². The molecule has 230 valence electrons. The summed E-state index contributed by atoms with van der Waals surface area (Å²) in [6.07, 6.45) is 0.803. The van der Waals surface area contributed by atoms with E-state index in [2.05, 4.69) is 15.2 Å². The van der Waals surface area contributed by atoms with Crippen LogP contribution in [-0.2, 0) is 6.42 Å². The summed E-state index contributed by atoms with van der Waals surface area (Å²) in [6, 6.07) is 7.90. The molecule has 12 heteroatoms. The SMILES string of the molecule is C[C@@H]1Cc2c([nH]c3c(F)cccc23)C(c2ccc(NC3CCN(CCCF)C3)cc2OC(F)F)N1CC(F)(F)CCO. The molecule has 1 aromatic heterocycles. The number of aromatic amines is 1. The number of aliphatic hydroxyl groups excluding tert-OH is 1. The average molecular weight is 599 g/mol. The molecule has 2 aliphatic heterocycles. The monoisotopic (exact) mass is 598 g/mol. The number of likely N-dealkylation sites (tertiary alicyclic amines) is 1. The lowest BCUT2D eigenvalue weighted by Crippen LogP contribution is -2.48. The molecule has 3 heterocycles. The lowest BCUT2D eigenvalue weighted by molar-refractivity contribution is -0.0689. The van der Waals surface area contributed by atoms with Crippen LogP contribution < -0.4 is 10.1 Å². The minimum atomic E-state index is -3.27. The van der Waals surface area contributed by atoms with Crippen LogP contribution in [0.5, 0.6) is 5.75 Å². The number of aromatic nitrogens is 1. The maximum Gasteiger partial charge on any atom is 0.387 e. The van der Waals surface area contributed by atoms with Gasteiger partial charge in [0.1, 0.15) is 11.6 Å². The molecule has 1 fully saturated rings. The van der Waals surface area contributed by atoms with Crippen molar-refractivity contribution in [3.8, 4) is 5.75 Å². The van der Waals surface area contributed by atoms with E-state index in [9.17, 15) is 31.4 Å². The number of hydrogen-bond donors (Lipinski definition) is 3. The molecule has 0 bridgehead atoms. The number of fused-ring (bicyclic) bond motifs is 3. The molecule has 3 aromatic rings. The lowest BCUT2D eigenvalue weighted by atomic mass is 9.87. The normalized spacial score (nSPS) is 21.8. The van der Waals surface area contributed by atoms with Crippen LogP contribution in [0, 0.1) is 5.82 Å². The molecule has 2 aliphatic rings. The molecule has 0 radical (unpaired) electrons. The average Bonchev–Trinajstić information content (AvgIpc) is 3.53. The highest BCUT2D eigenvalue weighted by Crippen LogP contribution is 2.46. The number of halogens is 6. The second kappa shape index (κ2) is 12.7. The molecule has 1 saturated heterocycles. The fourth-order valence-electron chi connectivity index (χ4n) is 6.36. The Balaban J connectivity index is 1.55. The summed E-state index contributed by atoms with van der Waals surface area (Å²) in [5.74, 6) is -3.95. The molecule has 42 heavy (non-hydrogen) atoms. The van der Waals surface area contributed by atoms with Crippen LogP contribution in [0.3, 0.4) is 0 Å². The Bertz CT molecular complexity index is 1370. The number of nitrogens with one attached hydrogen (secondary N) is 2. The van der Waals surface area contributed by atoms with Crippen molar-refractivity contribution in [2.24, 2.45) is 0 Å². The van der Waals surface area contributed by atoms with E-state index in [1.54, 1.807) is 31.2 Å². The van der Waals surface area contributed by atoms with E-state index in [1.165, 1.54) is 17.0 Å². The topological polar surface area (TPSA) is 63.8 Å². The number of anilines is 1. The highest BCUT2D eigenvalue weighted by molar-refractivity contribution is 5.86. The number of hydrogen-bond acceptors (Lipinski definition) is 5. The second-order valence-corrected chi connectivity index (χ2v) is 11.2. The Labute approximate surface area is 240 Å². The summed E-state index contributed by atoms with van der Waals surface area (Å²) in [4.78, 5) is 6.71. The highest BCUT2D eigenvalue weighted by Gasteiger charge is 2.43. The largest absolute Gasteiger partial charge is 0.434 e. The number of para-hydroxylation sites is 1. The first kappa shape index (κ1) is 30.5. The first-order valence-electron chi connectivity index (χ1n) is 14.3. The van der Waals surface area contributed by atoms with Gasteiger partial charge in [0.15, 0.2) is 0 Å². The number of alkyl halides is 5. The van der Waals surface area contributed by atoms with Crippen molar-refractivity contribution < 1.29 is 36.2 Å². The van der Waals surface area contributed by atoms with Crippen LogP contribution in [0.4, 0.5) is 32.0 Å². The molecule has 0 saturated carbocycles. The molecule has 0 amide bonds. The first-order chi connectivity index (χ1) is 20.1. The Kier molecular flexibility index (Phi) is 9.24. The van der Waals surface area contributed by atoms with E-state index in [4.69, 9.17) is 4.74 Å². The maximum atomic E-state index is 15.0. The summed E-state index contributed by atoms with van der Waals surface area (Å²) in [7, 11) is 0.